The lowest BCUT2D eigenvalue weighted by Gasteiger charge is -2.29. The maximum absolute atomic E-state index is 5.67. The molecule has 2 bridgehead atoms. The molecule has 3 N–H and O–H groups in total. The molecule has 0 aliphatic carbocycles. The number of hydrogen-bond acceptors (Lipinski definition) is 3. The van der Waals surface area contributed by atoms with Crippen molar-refractivity contribution >= 4 is 11.4 Å². The fourth-order valence-electron chi connectivity index (χ4n) is 2.54. The second kappa shape index (κ2) is 2.89. The smallest absolute Gasteiger partial charge is 0.0430 e. The van der Waals surface area contributed by atoms with Crippen LogP contribution in [0.25, 0.3) is 0 Å². The van der Waals surface area contributed by atoms with Crippen LogP contribution in [-0.2, 0) is 0 Å². The van der Waals surface area contributed by atoms with Gasteiger partial charge in [-0.2, -0.15) is 0 Å². The number of nitrogens with one attached hydrogen (secondary N) is 1. The van der Waals surface area contributed by atoms with Crippen molar-refractivity contribution in [1.82, 2.24) is 5.32 Å². The van der Waals surface area contributed by atoms with Crippen LogP contribution in [0.15, 0.2) is 24.3 Å². The van der Waals surface area contributed by atoms with Gasteiger partial charge in [-0.1, -0.05) is 0 Å². The number of nitrogens with two attached hydrogens (primary N) is 1. The Morgan fingerprint density at radius 1 is 1.29 bits per heavy atom. The summed E-state index contributed by atoms with van der Waals surface area (Å²) in [6.07, 6.45) is 1.30. The zero-order chi connectivity index (χ0) is 9.54. The molecule has 2 saturated heterocycles. The van der Waals surface area contributed by atoms with Gasteiger partial charge in [0.25, 0.3) is 0 Å². The van der Waals surface area contributed by atoms with Gasteiger partial charge >= 0.3 is 0 Å². The number of nitrogen functional groups attached to an aromatic ring is 1. The number of hydrogen-bond donors (Lipinski definition) is 2. The summed E-state index contributed by atoms with van der Waals surface area (Å²) in [5.74, 6) is 0. The predicted octanol–water partition coefficient (Wildman–Crippen LogP) is 0.819. The Hall–Kier alpha value is -1.22. The molecule has 0 spiro atoms. The number of piperazine rings is 1. The van der Waals surface area contributed by atoms with E-state index in [0.29, 0.717) is 12.1 Å². The predicted molar refractivity (Wildman–Crippen MR) is 58.4 cm³/mol. The zero-order valence-corrected chi connectivity index (χ0v) is 8.11. The van der Waals surface area contributed by atoms with Crippen molar-refractivity contribution in [2.45, 2.75) is 18.5 Å². The van der Waals surface area contributed by atoms with Gasteiger partial charge in [0.1, 0.15) is 0 Å². The Kier molecular flexibility index (Phi) is 1.67. The molecule has 1 aromatic rings. The van der Waals surface area contributed by atoms with Gasteiger partial charge < -0.3 is 16.0 Å². The van der Waals surface area contributed by atoms with E-state index in [-0.39, 0.29) is 0 Å². The van der Waals surface area contributed by atoms with Crippen LogP contribution in [0.3, 0.4) is 0 Å². The lowest BCUT2D eigenvalue weighted by atomic mass is 10.2. The molecule has 2 unspecified atom stereocenters. The summed E-state index contributed by atoms with van der Waals surface area (Å²) in [5, 5.41) is 3.50. The molecule has 0 saturated carbocycles. The largest absolute Gasteiger partial charge is 0.399 e. The van der Waals surface area contributed by atoms with Crippen molar-refractivity contribution in [2.75, 3.05) is 23.7 Å². The van der Waals surface area contributed by atoms with E-state index in [1.807, 2.05) is 12.1 Å². The topological polar surface area (TPSA) is 41.3 Å². The molecule has 74 valence electrons. The summed E-state index contributed by atoms with van der Waals surface area (Å²) in [4.78, 5) is 2.49. The third-order valence-electron chi connectivity index (χ3n) is 3.28. The maximum atomic E-state index is 5.67. The van der Waals surface area contributed by atoms with E-state index in [9.17, 15) is 0 Å². The van der Waals surface area contributed by atoms with E-state index in [1.54, 1.807) is 0 Å². The molecule has 0 radical (unpaired) electrons. The van der Waals surface area contributed by atoms with Crippen molar-refractivity contribution in [2.24, 2.45) is 0 Å². The molecule has 3 nitrogen and oxygen atoms in total. The quantitative estimate of drug-likeness (QED) is 0.643. The standard InChI is InChI=1S/C11H15N3/c12-8-1-3-10(4-2-8)14-7-9-5-11(14)6-13-9/h1-4,9,11,13H,5-7,12H2. The first-order valence-electron chi connectivity index (χ1n) is 5.18. The van der Waals surface area contributed by atoms with Crippen molar-refractivity contribution in [3.63, 3.8) is 0 Å². The molecule has 2 heterocycles. The summed E-state index contributed by atoms with van der Waals surface area (Å²) < 4.78 is 0. The SMILES string of the molecule is Nc1ccc(N2CC3CC2CN3)cc1. The van der Waals surface area contributed by atoms with Gasteiger partial charge in [-0.3, -0.25) is 0 Å². The van der Waals surface area contributed by atoms with Crippen molar-refractivity contribution in [1.29, 1.82) is 0 Å². The third kappa shape index (κ3) is 1.16. The maximum Gasteiger partial charge on any atom is 0.0430 e. The molecule has 14 heavy (non-hydrogen) atoms. The Balaban J connectivity index is 1.86. The highest BCUT2D eigenvalue weighted by atomic mass is 15.3. The van der Waals surface area contributed by atoms with Crippen molar-refractivity contribution in [3.05, 3.63) is 24.3 Å². The molecule has 3 heteroatoms. The van der Waals surface area contributed by atoms with E-state index in [0.717, 1.165) is 18.8 Å². The molecule has 3 rings (SSSR count). The van der Waals surface area contributed by atoms with Gasteiger partial charge in [0.15, 0.2) is 0 Å². The lowest BCUT2D eigenvalue weighted by molar-refractivity contribution is 0.580. The van der Waals surface area contributed by atoms with E-state index >= 15 is 0 Å². The van der Waals surface area contributed by atoms with Crippen LogP contribution in [0.1, 0.15) is 6.42 Å². The molecular formula is C11H15N3. The molecule has 2 aliphatic heterocycles. The van der Waals surface area contributed by atoms with Crippen molar-refractivity contribution < 1.29 is 0 Å². The summed E-state index contributed by atoms with van der Waals surface area (Å²) >= 11 is 0. The van der Waals surface area contributed by atoms with E-state index in [1.165, 1.54) is 12.1 Å². The Morgan fingerprint density at radius 3 is 2.64 bits per heavy atom. The van der Waals surface area contributed by atoms with Crippen LogP contribution < -0.4 is 16.0 Å². The fraction of sp³-hybridized carbons (Fsp3) is 0.455. The van der Waals surface area contributed by atoms with Crippen LogP contribution in [0.5, 0.6) is 0 Å². The van der Waals surface area contributed by atoms with E-state index < -0.39 is 0 Å². The number of nitrogens with zero attached hydrogens (tertiary/aromatic N) is 1. The normalized spacial score (nSPS) is 29.9. The van der Waals surface area contributed by atoms with Crippen molar-refractivity contribution in [3.8, 4) is 0 Å². The third-order valence-corrected chi connectivity index (χ3v) is 3.28. The van der Waals surface area contributed by atoms with Crippen LogP contribution in [-0.4, -0.2) is 25.2 Å². The number of fused-ring (bicyclic) bond motifs is 2. The summed E-state index contributed by atoms with van der Waals surface area (Å²) in [7, 11) is 0. The first-order valence-corrected chi connectivity index (χ1v) is 5.18. The minimum absolute atomic E-state index is 0.698. The first kappa shape index (κ1) is 8.12. The summed E-state index contributed by atoms with van der Waals surface area (Å²) in [6, 6.07) is 9.61. The van der Waals surface area contributed by atoms with Gasteiger partial charge in [0.2, 0.25) is 0 Å². The molecule has 0 amide bonds. The summed E-state index contributed by atoms with van der Waals surface area (Å²) in [6.45, 7) is 2.28. The second-order valence-corrected chi connectivity index (χ2v) is 4.24. The highest BCUT2D eigenvalue weighted by Crippen LogP contribution is 2.29. The van der Waals surface area contributed by atoms with E-state index in [2.05, 4.69) is 22.3 Å². The second-order valence-electron chi connectivity index (χ2n) is 4.24. The van der Waals surface area contributed by atoms with Gasteiger partial charge in [-0.05, 0) is 30.7 Å². The van der Waals surface area contributed by atoms with Crippen LogP contribution in [0, 0.1) is 0 Å². The minimum atomic E-state index is 0.698. The molecule has 2 fully saturated rings. The average molecular weight is 189 g/mol. The van der Waals surface area contributed by atoms with Crippen LogP contribution >= 0.6 is 0 Å². The van der Waals surface area contributed by atoms with Gasteiger partial charge in [-0.15, -0.1) is 0 Å². The van der Waals surface area contributed by atoms with E-state index in [4.69, 9.17) is 5.73 Å². The number of benzene rings is 1. The Morgan fingerprint density at radius 2 is 2.07 bits per heavy atom. The number of rotatable bonds is 1. The Bertz CT molecular complexity index is 333. The molecular weight excluding hydrogens is 174 g/mol. The first-order chi connectivity index (χ1) is 6.83. The van der Waals surface area contributed by atoms with Gasteiger partial charge in [-0.25, -0.2) is 0 Å². The summed E-state index contributed by atoms with van der Waals surface area (Å²) in [5.41, 5.74) is 7.83. The van der Waals surface area contributed by atoms with Crippen LogP contribution in [0.4, 0.5) is 11.4 Å². The monoisotopic (exact) mass is 189 g/mol. The van der Waals surface area contributed by atoms with Crippen LogP contribution in [0.2, 0.25) is 0 Å². The highest BCUT2D eigenvalue weighted by molar-refractivity contribution is 5.55. The van der Waals surface area contributed by atoms with Gasteiger partial charge in [0.05, 0.1) is 0 Å². The zero-order valence-electron chi connectivity index (χ0n) is 8.11. The molecule has 2 aliphatic rings. The molecule has 0 aromatic heterocycles. The average Bonchev–Trinajstić information content (AvgIpc) is 2.80. The molecule has 2 atom stereocenters. The minimum Gasteiger partial charge on any atom is -0.399 e. The fourth-order valence-corrected chi connectivity index (χ4v) is 2.54. The highest BCUT2D eigenvalue weighted by Gasteiger charge is 2.37. The number of anilines is 2. The van der Waals surface area contributed by atoms with Gasteiger partial charge in [0, 0.05) is 36.5 Å². The lowest BCUT2D eigenvalue weighted by Crippen LogP contribution is -2.43. The Labute approximate surface area is 83.9 Å². The molecule has 1 aromatic carbocycles.